The molecular formula is C14H13BrO3S. The van der Waals surface area contributed by atoms with Crippen LogP contribution in [0.15, 0.2) is 28.7 Å². The summed E-state index contributed by atoms with van der Waals surface area (Å²) < 4.78 is 7.67. The largest absolute Gasteiger partial charge is 0.453 e. The number of ether oxygens (including phenoxy) is 1. The zero-order valence-electron chi connectivity index (χ0n) is 10.4. The summed E-state index contributed by atoms with van der Waals surface area (Å²) in [5.41, 5.74) is -0.624. The number of thiophene rings is 1. The SMILES string of the molecule is CC(=O)OC1(c2cc3ccc(Br)cc3s2)CC(O)C1. The van der Waals surface area contributed by atoms with Gasteiger partial charge in [0.2, 0.25) is 0 Å². The van der Waals surface area contributed by atoms with Crippen LogP contribution >= 0.6 is 27.3 Å². The molecule has 1 aromatic heterocycles. The minimum atomic E-state index is -0.624. The lowest BCUT2D eigenvalue weighted by atomic mass is 9.76. The van der Waals surface area contributed by atoms with Gasteiger partial charge in [-0.3, -0.25) is 4.79 Å². The quantitative estimate of drug-likeness (QED) is 0.850. The van der Waals surface area contributed by atoms with Gasteiger partial charge in [0, 0.05) is 33.8 Å². The van der Waals surface area contributed by atoms with E-state index in [1.165, 1.54) is 6.92 Å². The lowest BCUT2D eigenvalue weighted by molar-refractivity contribution is -0.183. The number of hydrogen-bond donors (Lipinski definition) is 1. The summed E-state index contributed by atoms with van der Waals surface area (Å²) in [4.78, 5) is 12.3. The molecule has 0 atom stereocenters. The van der Waals surface area contributed by atoms with Gasteiger partial charge in [-0.25, -0.2) is 0 Å². The number of hydrogen-bond acceptors (Lipinski definition) is 4. The number of carbonyl (C=O) groups is 1. The van der Waals surface area contributed by atoms with E-state index in [0.29, 0.717) is 12.8 Å². The highest BCUT2D eigenvalue weighted by atomic mass is 79.9. The normalized spacial score (nSPS) is 26.2. The molecule has 1 aliphatic carbocycles. The van der Waals surface area contributed by atoms with Crippen LogP contribution in [0.25, 0.3) is 10.1 Å². The molecule has 1 N–H and O–H groups in total. The fourth-order valence-corrected chi connectivity index (χ4v) is 4.30. The van der Waals surface area contributed by atoms with Gasteiger partial charge in [0.15, 0.2) is 5.60 Å². The molecule has 0 unspecified atom stereocenters. The Hall–Kier alpha value is -0.910. The van der Waals surface area contributed by atoms with Gasteiger partial charge in [-0.2, -0.15) is 0 Å². The average Bonchev–Trinajstić information content (AvgIpc) is 2.68. The van der Waals surface area contributed by atoms with Crippen molar-refractivity contribution in [2.75, 3.05) is 0 Å². The maximum absolute atomic E-state index is 11.3. The summed E-state index contributed by atoms with van der Waals surface area (Å²) in [5.74, 6) is -0.300. The molecule has 1 aliphatic rings. The van der Waals surface area contributed by atoms with E-state index in [2.05, 4.69) is 28.1 Å². The van der Waals surface area contributed by atoms with Gasteiger partial charge in [-0.05, 0) is 23.6 Å². The summed E-state index contributed by atoms with van der Waals surface area (Å²) in [6.07, 6.45) is 0.595. The first-order valence-electron chi connectivity index (χ1n) is 6.06. The lowest BCUT2D eigenvalue weighted by Crippen LogP contribution is -2.47. The molecule has 3 nitrogen and oxygen atoms in total. The Morgan fingerprint density at radius 3 is 2.84 bits per heavy atom. The summed E-state index contributed by atoms with van der Waals surface area (Å²) in [5, 5.41) is 10.7. The Kier molecular flexibility index (Phi) is 3.15. The predicted molar refractivity (Wildman–Crippen MR) is 78.2 cm³/mol. The van der Waals surface area contributed by atoms with Crippen LogP contribution in [-0.2, 0) is 15.1 Å². The molecule has 19 heavy (non-hydrogen) atoms. The summed E-state index contributed by atoms with van der Waals surface area (Å²) in [7, 11) is 0. The minimum Gasteiger partial charge on any atom is -0.453 e. The Morgan fingerprint density at radius 2 is 2.21 bits per heavy atom. The number of fused-ring (bicyclic) bond motifs is 1. The van der Waals surface area contributed by atoms with Gasteiger partial charge >= 0.3 is 5.97 Å². The molecule has 0 bridgehead atoms. The van der Waals surface area contributed by atoms with E-state index < -0.39 is 5.60 Å². The maximum Gasteiger partial charge on any atom is 0.303 e. The van der Waals surface area contributed by atoms with E-state index in [4.69, 9.17) is 4.74 Å². The highest BCUT2D eigenvalue weighted by molar-refractivity contribution is 9.10. The molecule has 0 aliphatic heterocycles. The van der Waals surface area contributed by atoms with Crippen molar-refractivity contribution in [1.82, 2.24) is 0 Å². The van der Waals surface area contributed by atoms with Crippen LogP contribution in [0.4, 0.5) is 0 Å². The highest BCUT2D eigenvalue weighted by Gasteiger charge is 2.49. The number of aliphatic hydroxyl groups excluding tert-OH is 1. The Bertz CT molecular complexity index is 643. The van der Waals surface area contributed by atoms with Crippen LogP contribution < -0.4 is 0 Å². The zero-order chi connectivity index (χ0) is 13.6. The van der Waals surface area contributed by atoms with E-state index >= 15 is 0 Å². The summed E-state index contributed by atoms with van der Waals surface area (Å²) >= 11 is 5.07. The second-order valence-electron chi connectivity index (χ2n) is 4.94. The van der Waals surface area contributed by atoms with Crippen LogP contribution in [0.2, 0.25) is 0 Å². The van der Waals surface area contributed by atoms with Gasteiger partial charge in [0.25, 0.3) is 0 Å². The molecule has 1 fully saturated rings. The second kappa shape index (κ2) is 4.58. The predicted octanol–water partition coefficient (Wildman–Crippen LogP) is 3.58. The fraction of sp³-hybridized carbons (Fsp3) is 0.357. The highest BCUT2D eigenvalue weighted by Crippen LogP contribution is 2.49. The molecule has 0 radical (unpaired) electrons. The van der Waals surface area contributed by atoms with Crippen molar-refractivity contribution < 1.29 is 14.6 Å². The molecule has 2 aromatic rings. The number of halogens is 1. The molecule has 1 saturated carbocycles. The Balaban J connectivity index is 2.03. The molecule has 3 rings (SSSR count). The van der Waals surface area contributed by atoms with Crippen LogP contribution in [0.3, 0.4) is 0 Å². The smallest absolute Gasteiger partial charge is 0.303 e. The zero-order valence-corrected chi connectivity index (χ0v) is 12.8. The minimum absolute atomic E-state index is 0.300. The second-order valence-corrected chi connectivity index (χ2v) is 6.94. The van der Waals surface area contributed by atoms with Gasteiger partial charge in [-0.1, -0.05) is 22.0 Å². The molecular weight excluding hydrogens is 328 g/mol. The van der Waals surface area contributed by atoms with Gasteiger partial charge in [0.1, 0.15) is 0 Å². The number of benzene rings is 1. The van der Waals surface area contributed by atoms with Crippen LogP contribution in [0, 0.1) is 0 Å². The van der Waals surface area contributed by atoms with E-state index in [-0.39, 0.29) is 12.1 Å². The lowest BCUT2D eigenvalue weighted by Gasteiger charge is -2.43. The Morgan fingerprint density at radius 1 is 1.47 bits per heavy atom. The molecule has 1 heterocycles. The van der Waals surface area contributed by atoms with Crippen molar-refractivity contribution in [3.63, 3.8) is 0 Å². The number of esters is 1. The van der Waals surface area contributed by atoms with E-state index in [9.17, 15) is 9.90 Å². The van der Waals surface area contributed by atoms with Crippen molar-refractivity contribution in [2.45, 2.75) is 31.5 Å². The van der Waals surface area contributed by atoms with E-state index in [1.807, 2.05) is 12.1 Å². The van der Waals surface area contributed by atoms with Crippen molar-refractivity contribution in [3.8, 4) is 0 Å². The Labute approximate surface area is 123 Å². The van der Waals surface area contributed by atoms with Crippen molar-refractivity contribution in [2.24, 2.45) is 0 Å². The molecule has 5 heteroatoms. The van der Waals surface area contributed by atoms with Crippen LogP contribution in [-0.4, -0.2) is 17.2 Å². The van der Waals surface area contributed by atoms with Gasteiger partial charge < -0.3 is 9.84 Å². The topological polar surface area (TPSA) is 46.5 Å². The third kappa shape index (κ3) is 2.30. The first-order chi connectivity index (χ1) is 8.98. The molecule has 0 amide bonds. The molecule has 1 aromatic carbocycles. The summed E-state index contributed by atoms with van der Waals surface area (Å²) in [6.45, 7) is 1.41. The number of aliphatic hydroxyl groups is 1. The molecule has 0 saturated heterocycles. The van der Waals surface area contributed by atoms with Crippen molar-refractivity contribution >= 4 is 43.3 Å². The van der Waals surface area contributed by atoms with Crippen molar-refractivity contribution in [3.05, 3.63) is 33.6 Å². The standard InChI is InChI=1S/C14H13BrO3S/c1-8(16)18-14(6-11(17)7-14)13-4-9-2-3-10(15)5-12(9)19-13/h2-5,11,17H,6-7H2,1H3. The molecule has 0 spiro atoms. The number of carbonyl (C=O) groups excluding carboxylic acids is 1. The van der Waals surface area contributed by atoms with Crippen LogP contribution in [0.5, 0.6) is 0 Å². The first-order valence-corrected chi connectivity index (χ1v) is 7.67. The number of rotatable bonds is 2. The van der Waals surface area contributed by atoms with Gasteiger partial charge in [-0.15, -0.1) is 11.3 Å². The van der Waals surface area contributed by atoms with Gasteiger partial charge in [0.05, 0.1) is 6.10 Å². The monoisotopic (exact) mass is 340 g/mol. The van der Waals surface area contributed by atoms with E-state index in [1.54, 1.807) is 11.3 Å². The third-order valence-corrected chi connectivity index (χ3v) is 5.18. The first kappa shape index (κ1) is 13.1. The fourth-order valence-electron chi connectivity index (χ4n) is 2.54. The third-order valence-electron chi connectivity index (χ3n) is 3.40. The molecule has 100 valence electrons. The average molecular weight is 341 g/mol. The summed E-state index contributed by atoms with van der Waals surface area (Å²) in [6, 6.07) is 8.14. The maximum atomic E-state index is 11.3. The van der Waals surface area contributed by atoms with E-state index in [0.717, 1.165) is 19.4 Å². The van der Waals surface area contributed by atoms with Crippen LogP contribution in [0.1, 0.15) is 24.6 Å². The van der Waals surface area contributed by atoms with Crippen molar-refractivity contribution in [1.29, 1.82) is 0 Å².